The lowest BCUT2D eigenvalue weighted by atomic mass is 10.2. The number of nitrogens with zero attached hydrogens (tertiary/aromatic N) is 3. The van der Waals surface area contributed by atoms with Crippen LogP contribution in [0, 0.1) is 0 Å². The molecule has 0 saturated carbocycles. The van der Waals surface area contributed by atoms with Crippen LogP contribution in [0.3, 0.4) is 0 Å². The van der Waals surface area contributed by atoms with Crippen molar-refractivity contribution in [1.82, 2.24) is 20.4 Å². The smallest absolute Gasteiger partial charge is 0.191 e. The number of hydrogen-bond acceptors (Lipinski definition) is 2. The van der Waals surface area contributed by atoms with Crippen molar-refractivity contribution in [3.05, 3.63) is 52.8 Å². The molecule has 0 aliphatic carbocycles. The SMILES string of the molecule is CCNC(=NCc1cccc(Cl)c1)NCc1ccnn1C. The monoisotopic (exact) mass is 305 g/mol. The molecular weight excluding hydrogens is 286 g/mol. The Morgan fingerprint density at radius 3 is 2.86 bits per heavy atom. The predicted molar refractivity (Wildman–Crippen MR) is 86.3 cm³/mol. The first-order chi connectivity index (χ1) is 10.2. The second kappa shape index (κ2) is 7.69. The summed E-state index contributed by atoms with van der Waals surface area (Å²) in [5, 5.41) is 11.4. The van der Waals surface area contributed by atoms with Crippen LogP contribution in [0.25, 0.3) is 0 Å². The zero-order valence-corrected chi connectivity index (χ0v) is 13.1. The molecule has 6 heteroatoms. The van der Waals surface area contributed by atoms with Crippen molar-refractivity contribution in [2.24, 2.45) is 12.0 Å². The van der Waals surface area contributed by atoms with Crippen LogP contribution in [-0.4, -0.2) is 22.3 Å². The Morgan fingerprint density at radius 2 is 2.19 bits per heavy atom. The number of aromatic nitrogens is 2. The topological polar surface area (TPSA) is 54.2 Å². The molecule has 0 spiro atoms. The Hall–Kier alpha value is -2.01. The zero-order valence-electron chi connectivity index (χ0n) is 12.3. The maximum Gasteiger partial charge on any atom is 0.191 e. The Morgan fingerprint density at radius 1 is 1.33 bits per heavy atom. The molecule has 0 fully saturated rings. The normalized spacial score (nSPS) is 11.5. The molecule has 2 rings (SSSR count). The molecule has 0 aliphatic rings. The van der Waals surface area contributed by atoms with Gasteiger partial charge in [-0.25, -0.2) is 4.99 Å². The maximum atomic E-state index is 5.98. The van der Waals surface area contributed by atoms with Crippen LogP contribution in [0.4, 0.5) is 0 Å². The van der Waals surface area contributed by atoms with Crippen LogP contribution >= 0.6 is 11.6 Å². The number of halogens is 1. The van der Waals surface area contributed by atoms with Crippen molar-refractivity contribution in [2.75, 3.05) is 6.54 Å². The van der Waals surface area contributed by atoms with Gasteiger partial charge in [-0.1, -0.05) is 23.7 Å². The van der Waals surface area contributed by atoms with Crippen molar-refractivity contribution in [3.63, 3.8) is 0 Å². The molecule has 21 heavy (non-hydrogen) atoms. The predicted octanol–water partition coefficient (Wildman–Crippen LogP) is 2.33. The first-order valence-electron chi connectivity index (χ1n) is 6.92. The van der Waals surface area contributed by atoms with Gasteiger partial charge in [0.05, 0.1) is 18.8 Å². The first-order valence-corrected chi connectivity index (χ1v) is 7.30. The Kier molecular flexibility index (Phi) is 5.63. The lowest BCUT2D eigenvalue weighted by molar-refractivity contribution is 0.685. The van der Waals surface area contributed by atoms with Crippen molar-refractivity contribution >= 4 is 17.6 Å². The van der Waals surface area contributed by atoms with Gasteiger partial charge in [0.15, 0.2) is 5.96 Å². The first kappa shape index (κ1) is 15.4. The van der Waals surface area contributed by atoms with Gasteiger partial charge in [-0.2, -0.15) is 5.10 Å². The molecule has 1 heterocycles. The van der Waals surface area contributed by atoms with Gasteiger partial charge in [0.1, 0.15) is 0 Å². The molecule has 0 aliphatic heterocycles. The van der Waals surface area contributed by atoms with Gasteiger partial charge < -0.3 is 10.6 Å². The van der Waals surface area contributed by atoms with Crippen molar-refractivity contribution < 1.29 is 0 Å². The molecule has 0 amide bonds. The van der Waals surface area contributed by atoms with Crippen LogP contribution in [-0.2, 0) is 20.1 Å². The van der Waals surface area contributed by atoms with Gasteiger partial charge in [0.2, 0.25) is 0 Å². The minimum Gasteiger partial charge on any atom is -0.357 e. The van der Waals surface area contributed by atoms with Crippen LogP contribution in [0.1, 0.15) is 18.2 Å². The Bertz CT molecular complexity index is 606. The van der Waals surface area contributed by atoms with Gasteiger partial charge in [-0.15, -0.1) is 0 Å². The van der Waals surface area contributed by atoms with Gasteiger partial charge in [0.25, 0.3) is 0 Å². The van der Waals surface area contributed by atoms with E-state index in [1.54, 1.807) is 6.20 Å². The summed E-state index contributed by atoms with van der Waals surface area (Å²) in [5.41, 5.74) is 2.18. The molecule has 2 N–H and O–H groups in total. The molecule has 1 aromatic carbocycles. The van der Waals surface area contributed by atoms with E-state index in [1.165, 1.54) is 0 Å². The molecule has 0 saturated heterocycles. The quantitative estimate of drug-likeness (QED) is 0.658. The summed E-state index contributed by atoms with van der Waals surface area (Å²) in [6.45, 7) is 4.12. The summed E-state index contributed by atoms with van der Waals surface area (Å²) in [4.78, 5) is 4.56. The van der Waals surface area contributed by atoms with Gasteiger partial charge in [-0.3, -0.25) is 4.68 Å². The summed E-state index contributed by atoms with van der Waals surface area (Å²) in [6.07, 6.45) is 1.78. The fraction of sp³-hybridized carbons (Fsp3) is 0.333. The Labute approximate surface area is 130 Å². The minimum atomic E-state index is 0.585. The number of rotatable bonds is 5. The minimum absolute atomic E-state index is 0.585. The number of aliphatic imine (C=N–C) groups is 1. The number of hydrogen-bond donors (Lipinski definition) is 2. The lowest BCUT2D eigenvalue weighted by Crippen LogP contribution is -2.37. The lowest BCUT2D eigenvalue weighted by Gasteiger charge is -2.11. The fourth-order valence-corrected chi connectivity index (χ4v) is 2.11. The number of aryl methyl sites for hydroxylation is 1. The molecule has 1 aromatic heterocycles. The average Bonchev–Trinajstić information content (AvgIpc) is 2.87. The van der Waals surface area contributed by atoms with E-state index in [9.17, 15) is 0 Å². The van der Waals surface area contributed by atoms with E-state index in [-0.39, 0.29) is 0 Å². The molecule has 0 radical (unpaired) electrons. The highest BCUT2D eigenvalue weighted by Gasteiger charge is 2.01. The van der Waals surface area contributed by atoms with Gasteiger partial charge in [-0.05, 0) is 30.7 Å². The van der Waals surface area contributed by atoms with Gasteiger partial charge >= 0.3 is 0 Å². The summed E-state index contributed by atoms with van der Waals surface area (Å²) >= 11 is 5.98. The highest BCUT2D eigenvalue weighted by atomic mass is 35.5. The van der Waals surface area contributed by atoms with E-state index in [0.29, 0.717) is 13.1 Å². The van der Waals surface area contributed by atoms with Crippen molar-refractivity contribution in [2.45, 2.75) is 20.0 Å². The molecule has 112 valence electrons. The van der Waals surface area contributed by atoms with E-state index in [2.05, 4.69) is 20.7 Å². The standard InChI is InChI=1S/C15H20ClN5/c1-3-17-15(19-11-14-7-8-20-21(14)2)18-10-12-5-4-6-13(16)9-12/h4-9H,3,10-11H2,1-2H3,(H2,17,18,19). The third-order valence-corrected chi connectivity index (χ3v) is 3.25. The van der Waals surface area contributed by atoms with E-state index >= 15 is 0 Å². The van der Waals surface area contributed by atoms with E-state index in [4.69, 9.17) is 11.6 Å². The van der Waals surface area contributed by atoms with E-state index in [1.807, 2.05) is 49.0 Å². The van der Waals surface area contributed by atoms with E-state index in [0.717, 1.165) is 28.8 Å². The maximum absolute atomic E-state index is 5.98. The molecule has 5 nitrogen and oxygen atoms in total. The van der Waals surface area contributed by atoms with E-state index < -0.39 is 0 Å². The van der Waals surface area contributed by atoms with Crippen LogP contribution in [0.15, 0.2) is 41.5 Å². The Balaban J connectivity index is 1.97. The zero-order chi connectivity index (χ0) is 15.1. The third kappa shape index (κ3) is 4.79. The summed E-state index contributed by atoms with van der Waals surface area (Å²) in [7, 11) is 1.92. The number of benzene rings is 1. The average molecular weight is 306 g/mol. The summed E-state index contributed by atoms with van der Waals surface area (Å²) < 4.78 is 1.84. The van der Waals surface area contributed by atoms with Crippen LogP contribution in [0.5, 0.6) is 0 Å². The molecule has 0 atom stereocenters. The highest BCUT2D eigenvalue weighted by Crippen LogP contribution is 2.11. The second-order valence-corrected chi connectivity index (χ2v) is 5.06. The summed E-state index contributed by atoms with van der Waals surface area (Å²) in [6, 6.07) is 9.72. The molecular formula is C15H20ClN5. The number of nitrogens with one attached hydrogen (secondary N) is 2. The van der Waals surface area contributed by atoms with Gasteiger partial charge in [0, 0.05) is 24.8 Å². The summed E-state index contributed by atoms with van der Waals surface area (Å²) in [5.74, 6) is 0.777. The highest BCUT2D eigenvalue weighted by molar-refractivity contribution is 6.30. The number of guanidine groups is 1. The molecule has 0 bridgehead atoms. The molecule has 2 aromatic rings. The van der Waals surface area contributed by atoms with Crippen LogP contribution < -0.4 is 10.6 Å². The second-order valence-electron chi connectivity index (χ2n) is 4.62. The third-order valence-electron chi connectivity index (χ3n) is 3.01. The largest absolute Gasteiger partial charge is 0.357 e. The van der Waals surface area contributed by atoms with Crippen molar-refractivity contribution in [3.8, 4) is 0 Å². The fourth-order valence-electron chi connectivity index (χ4n) is 1.90. The van der Waals surface area contributed by atoms with Crippen molar-refractivity contribution in [1.29, 1.82) is 0 Å². The molecule has 0 unspecified atom stereocenters. The van der Waals surface area contributed by atoms with Crippen LogP contribution in [0.2, 0.25) is 5.02 Å².